The summed E-state index contributed by atoms with van der Waals surface area (Å²) >= 11 is 0. The Bertz CT molecular complexity index is 869. The minimum atomic E-state index is -0.432. The third-order valence-electron chi connectivity index (χ3n) is 4.76. The van der Waals surface area contributed by atoms with Gasteiger partial charge in [0.05, 0.1) is 5.92 Å². The zero-order valence-corrected chi connectivity index (χ0v) is 14.3. The number of benzene rings is 1. The van der Waals surface area contributed by atoms with Gasteiger partial charge in [0, 0.05) is 23.4 Å². The van der Waals surface area contributed by atoms with Crippen molar-refractivity contribution in [1.29, 1.82) is 0 Å². The number of anilines is 2. The van der Waals surface area contributed by atoms with Crippen LogP contribution in [0, 0.1) is 0 Å². The molecule has 26 heavy (non-hydrogen) atoms. The van der Waals surface area contributed by atoms with Crippen molar-refractivity contribution >= 4 is 29.4 Å². The molecule has 1 aromatic heterocycles. The van der Waals surface area contributed by atoms with Crippen LogP contribution in [0.5, 0.6) is 0 Å². The molecule has 2 aliphatic rings. The van der Waals surface area contributed by atoms with Crippen LogP contribution in [0.2, 0.25) is 0 Å². The fourth-order valence-corrected chi connectivity index (χ4v) is 2.98. The molecule has 1 aliphatic heterocycles. The fraction of sp³-hybridized carbons (Fsp3) is 0.333. The van der Waals surface area contributed by atoms with Crippen LogP contribution in [0.3, 0.4) is 0 Å². The molecule has 4 amide bonds. The Hall–Kier alpha value is -3.16. The number of nitrogens with zero attached hydrogens (tertiary/aromatic N) is 2. The third kappa shape index (κ3) is 3.17. The molecule has 4 rings (SSSR count). The van der Waals surface area contributed by atoms with Gasteiger partial charge < -0.3 is 5.32 Å². The van der Waals surface area contributed by atoms with Gasteiger partial charge in [0.1, 0.15) is 6.54 Å². The minimum Gasteiger partial charge on any atom is -0.309 e. The summed E-state index contributed by atoms with van der Waals surface area (Å²) in [5.41, 5.74) is 2.50. The van der Waals surface area contributed by atoms with Crippen molar-refractivity contribution < 1.29 is 14.4 Å². The Morgan fingerprint density at radius 1 is 1.27 bits per heavy atom. The van der Waals surface area contributed by atoms with E-state index in [1.54, 1.807) is 24.3 Å². The van der Waals surface area contributed by atoms with Crippen molar-refractivity contribution in [2.75, 3.05) is 16.8 Å². The standard InChI is InChI=1S/C18H19N5O3/c1-10(17(25)19-15-8-14(21-22-15)12-2-3-12)11-4-6-13(7-5-11)23-9-16(24)20-18(23)26/h4-8,10,12H,2-3,9H2,1H3,(H,20,24,26)(H2,19,21,22,25). The van der Waals surface area contributed by atoms with Crippen LogP contribution < -0.4 is 15.5 Å². The van der Waals surface area contributed by atoms with E-state index in [1.807, 2.05) is 13.0 Å². The average Bonchev–Trinajstić information content (AvgIpc) is 3.29. The Labute approximate surface area is 150 Å². The molecular formula is C18H19N5O3. The number of urea groups is 1. The molecular weight excluding hydrogens is 334 g/mol. The van der Waals surface area contributed by atoms with E-state index in [0.717, 1.165) is 11.3 Å². The minimum absolute atomic E-state index is 0.0106. The van der Waals surface area contributed by atoms with Gasteiger partial charge in [0.2, 0.25) is 11.8 Å². The molecule has 8 heteroatoms. The summed E-state index contributed by atoms with van der Waals surface area (Å²) in [5, 5.41) is 12.2. The maximum Gasteiger partial charge on any atom is 0.329 e. The lowest BCUT2D eigenvalue weighted by Crippen LogP contribution is -2.27. The van der Waals surface area contributed by atoms with Crippen molar-refractivity contribution in [3.05, 3.63) is 41.6 Å². The van der Waals surface area contributed by atoms with Gasteiger partial charge in [-0.05, 0) is 37.5 Å². The highest BCUT2D eigenvalue weighted by molar-refractivity contribution is 6.12. The molecule has 0 spiro atoms. The van der Waals surface area contributed by atoms with Gasteiger partial charge in [-0.1, -0.05) is 12.1 Å². The Balaban J connectivity index is 1.41. The second-order valence-corrected chi connectivity index (χ2v) is 6.72. The summed E-state index contributed by atoms with van der Waals surface area (Å²) in [6.07, 6.45) is 2.33. The van der Waals surface area contributed by atoms with Gasteiger partial charge in [-0.15, -0.1) is 0 Å². The van der Waals surface area contributed by atoms with Gasteiger partial charge in [-0.25, -0.2) is 4.79 Å². The van der Waals surface area contributed by atoms with Crippen LogP contribution in [0.25, 0.3) is 0 Å². The van der Waals surface area contributed by atoms with Crippen LogP contribution in [-0.4, -0.2) is 34.6 Å². The van der Waals surface area contributed by atoms with Crippen molar-refractivity contribution in [2.24, 2.45) is 0 Å². The number of rotatable bonds is 5. The van der Waals surface area contributed by atoms with Crippen LogP contribution in [0.4, 0.5) is 16.3 Å². The number of aromatic nitrogens is 2. The Morgan fingerprint density at radius 3 is 2.62 bits per heavy atom. The highest BCUT2D eigenvalue weighted by Gasteiger charge is 2.28. The zero-order valence-electron chi connectivity index (χ0n) is 14.3. The van der Waals surface area contributed by atoms with E-state index < -0.39 is 6.03 Å². The summed E-state index contributed by atoms with van der Waals surface area (Å²) in [7, 11) is 0. The summed E-state index contributed by atoms with van der Waals surface area (Å²) < 4.78 is 0. The number of nitrogens with one attached hydrogen (secondary N) is 3. The van der Waals surface area contributed by atoms with E-state index in [4.69, 9.17) is 0 Å². The first-order valence-electron chi connectivity index (χ1n) is 8.59. The molecule has 1 aliphatic carbocycles. The first-order chi connectivity index (χ1) is 12.5. The van der Waals surface area contributed by atoms with Crippen LogP contribution in [0.15, 0.2) is 30.3 Å². The highest BCUT2D eigenvalue weighted by Crippen LogP contribution is 2.39. The normalized spacial score (nSPS) is 18.0. The fourth-order valence-electron chi connectivity index (χ4n) is 2.98. The molecule has 1 saturated carbocycles. The zero-order chi connectivity index (χ0) is 18.3. The van der Waals surface area contributed by atoms with E-state index in [9.17, 15) is 14.4 Å². The first-order valence-corrected chi connectivity index (χ1v) is 8.59. The first kappa shape index (κ1) is 16.3. The van der Waals surface area contributed by atoms with Gasteiger partial charge in [0.25, 0.3) is 0 Å². The summed E-state index contributed by atoms with van der Waals surface area (Å²) in [6.45, 7) is 1.82. The van der Waals surface area contributed by atoms with Gasteiger partial charge in [-0.3, -0.25) is 24.9 Å². The molecule has 8 nitrogen and oxygen atoms in total. The molecule has 1 aromatic carbocycles. The van der Waals surface area contributed by atoms with Gasteiger partial charge >= 0.3 is 6.03 Å². The van der Waals surface area contributed by atoms with Crippen LogP contribution in [-0.2, 0) is 9.59 Å². The molecule has 134 valence electrons. The van der Waals surface area contributed by atoms with Crippen molar-refractivity contribution in [3.8, 4) is 0 Å². The number of amides is 4. The molecule has 2 fully saturated rings. The summed E-state index contributed by atoms with van der Waals surface area (Å²) in [6, 6.07) is 8.49. The van der Waals surface area contributed by atoms with Gasteiger partial charge in [-0.2, -0.15) is 5.10 Å². The van der Waals surface area contributed by atoms with E-state index in [-0.39, 0.29) is 24.3 Å². The lowest BCUT2D eigenvalue weighted by Gasteiger charge is -2.15. The van der Waals surface area contributed by atoms with E-state index >= 15 is 0 Å². The van der Waals surface area contributed by atoms with Crippen molar-refractivity contribution in [3.63, 3.8) is 0 Å². The van der Waals surface area contributed by atoms with Gasteiger partial charge in [0.15, 0.2) is 5.82 Å². The third-order valence-corrected chi connectivity index (χ3v) is 4.76. The smallest absolute Gasteiger partial charge is 0.309 e. The quantitative estimate of drug-likeness (QED) is 0.715. The van der Waals surface area contributed by atoms with Crippen LogP contribution >= 0.6 is 0 Å². The predicted octanol–water partition coefficient (Wildman–Crippen LogP) is 2.09. The predicted molar refractivity (Wildman–Crippen MR) is 94.9 cm³/mol. The number of H-pyrrole nitrogens is 1. The highest BCUT2D eigenvalue weighted by atomic mass is 16.2. The SMILES string of the molecule is CC(C(=O)Nc1cc(C2CC2)[nH]n1)c1ccc(N2CC(=O)NC2=O)cc1. The number of hydrogen-bond donors (Lipinski definition) is 3. The molecule has 0 radical (unpaired) electrons. The maximum absolute atomic E-state index is 12.5. The number of carbonyl (C=O) groups is 3. The second kappa shape index (κ2) is 6.29. The monoisotopic (exact) mass is 353 g/mol. The molecule has 1 atom stereocenters. The van der Waals surface area contributed by atoms with Crippen molar-refractivity contribution in [2.45, 2.75) is 31.6 Å². The second-order valence-electron chi connectivity index (χ2n) is 6.72. The number of aromatic amines is 1. The molecule has 3 N–H and O–H groups in total. The Morgan fingerprint density at radius 2 is 2.00 bits per heavy atom. The molecule has 0 bridgehead atoms. The summed E-state index contributed by atoms with van der Waals surface area (Å²) in [5.74, 6) is 0.233. The molecule has 2 aromatic rings. The van der Waals surface area contributed by atoms with Crippen molar-refractivity contribution in [1.82, 2.24) is 15.5 Å². The average molecular weight is 353 g/mol. The number of carbonyl (C=O) groups excluding carboxylic acids is 3. The van der Waals surface area contributed by atoms with E-state index in [2.05, 4.69) is 20.8 Å². The maximum atomic E-state index is 12.5. The number of hydrogen-bond acceptors (Lipinski definition) is 4. The lowest BCUT2D eigenvalue weighted by molar-refractivity contribution is -0.118. The largest absolute Gasteiger partial charge is 0.329 e. The number of imide groups is 1. The molecule has 1 saturated heterocycles. The molecule has 1 unspecified atom stereocenters. The molecule has 2 heterocycles. The topological polar surface area (TPSA) is 107 Å². The lowest BCUT2D eigenvalue weighted by atomic mass is 10.00. The Kier molecular flexibility index (Phi) is 3.95. The van der Waals surface area contributed by atoms with Crippen LogP contribution in [0.1, 0.15) is 42.9 Å². The van der Waals surface area contributed by atoms with E-state index in [1.165, 1.54) is 17.7 Å². The van der Waals surface area contributed by atoms with E-state index in [0.29, 0.717) is 17.4 Å². The summed E-state index contributed by atoms with van der Waals surface area (Å²) in [4.78, 5) is 36.8.